The molecular formula is C13H18INO. The van der Waals surface area contributed by atoms with Gasteiger partial charge in [-0.1, -0.05) is 55.5 Å². The monoisotopic (exact) mass is 331 g/mol. The van der Waals surface area contributed by atoms with Crippen molar-refractivity contribution in [1.29, 1.82) is 0 Å². The van der Waals surface area contributed by atoms with E-state index in [4.69, 9.17) is 0 Å². The van der Waals surface area contributed by atoms with Crippen LogP contribution in [0.1, 0.15) is 36.7 Å². The van der Waals surface area contributed by atoms with Crippen LogP contribution in [0.2, 0.25) is 0 Å². The third kappa shape index (κ3) is 3.77. The van der Waals surface area contributed by atoms with E-state index >= 15 is 0 Å². The second kappa shape index (κ2) is 5.66. The van der Waals surface area contributed by atoms with Gasteiger partial charge in [-0.2, -0.15) is 0 Å². The maximum absolute atomic E-state index is 11.7. The lowest BCUT2D eigenvalue weighted by molar-refractivity contribution is 0.0956. The summed E-state index contributed by atoms with van der Waals surface area (Å²) in [7, 11) is 0. The lowest BCUT2D eigenvalue weighted by Gasteiger charge is -2.19. The molecule has 2 nitrogen and oxygen atoms in total. The highest BCUT2D eigenvalue weighted by molar-refractivity contribution is 14.1. The molecule has 0 atom stereocenters. The molecule has 3 heteroatoms. The fourth-order valence-electron chi connectivity index (χ4n) is 1.38. The number of amides is 1. The molecule has 16 heavy (non-hydrogen) atoms. The molecule has 1 aromatic carbocycles. The summed E-state index contributed by atoms with van der Waals surface area (Å²) in [6, 6.07) is 7.84. The Morgan fingerprint density at radius 1 is 1.25 bits per heavy atom. The molecule has 0 saturated carbocycles. The van der Waals surface area contributed by atoms with Crippen molar-refractivity contribution in [3.8, 4) is 0 Å². The van der Waals surface area contributed by atoms with E-state index in [9.17, 15) is 4.79 Å². The topological polar surface area (TPSA) is 29.1 Å². The second-order valence-corrected chi connectivity index (χ2v) is 5.85. The van der Waals surface area contributed by atoms with Gasteiger partial charge in [0, 0.05) is 16.5 Å². The number of rotatable bonds is 3. The van der Waals surface area contributed by atoms with Crippen molar-refractivity contribution in [1.82, 2.24) is 5.32 Å². The summed E-state index contributed by atoms with van der Waals surface area (Å²) in [5, 5.41) is 2.86. The predicted molar refractivity (Wildman–Crippen MR) is 76.4 cm³/mol. The Labute approximate surface area is 111 Å². The lowest BCUT2D eigenvalue weighted by atomic mass is 9.87. The quantitative estimate of drug-likeness (QED) is 0.669. The lowest BCUT2D eigenvalue weighted by Crippen LogP contribution is -2.25. The van der Waals surface area contributed by atoms with Crippen molar-refractivity contribution in [2.24, 2.45) is 0 Å². The Morgan fingerprint density at radius 2 is 1.81 bits per heavy atom. The van der Waals surface area contributed by atoms with Gasteiger partial charge >= 0.3 is 0 Å². The van der Waals surface area contributed by atoms with Gasteiger partial charge in [0.2, 0.25) is 0 Å². The maximum atomic E-state index is 11.7. The van der Waals surface area contributed by atoms with Gasteiger partial charge in [-0.15, -0.1) is 0 Å². The molecule has 0 aliphatic rings. The molecule has 1 rings (SSSR count). The van der Waals surface area contributed by atoms with E-state index in [0.717, 1.165) is 16.5 Å². The maximum Gasteiger partial charge on any atom is 0.251 e. The van der Waals surface area contributed by atoms with Gasteiger partial charge in [0.1, 0.15) is 0 Å². The fraction of sp³-hybridized carbons (Fsp3) is 0.462. The average Bonchev–Trinajstić information content (AvgIpc) is 2.25. The first kappa shape index (κ1) is 13.5. The number of carbonyl (C=O) groups is 1. The number of benzene rings is 1. The van der Waals surface area contributed by atoms with E-state index in [-0.39, 0.29) is 11.3 Å². The van der Waals surface area contributed by atoms with Crippen LogP contribution in [0.5, 0.6) is 0 Å². The molecule has 0 saturated heterocycles. The third-order valence-electron chi connectivity index (χ3n) is 2.39. The SMILES string of the molecule is CC(C)(C)c1ccc(C(=O)NCCI)cc1. The minimum absolute atomic E-state index is 0.0112. The molecule has 1 amide bonds. The smallest absolute Gasteiger partial charge is 0.251 e. The zero-order valence-corrected chi connectivity index (χ0v) is 12.2. The van der Waals surface area contributed by atoms with E-state index < -0.39 is 0 Å². The average molecular weight is 331 g/mol. The van der Waals surface area contributed by atoms with Gasteiger partial charge in [0.25, 0.3) is 5.91 Å². The highest BCUT2D eigenvalue weighted by Crippen LogP contribution is 2.22. The van der Waals surface area contributed by atoms with E-state index in [1.807, 2.05) is 24.3 Å². The summed E-state index contributed by atoms with van der Waals surface area (Å²) in [6.45, 7) is 7.22. The molecule has 1 N–H and O–H groups in total. The molecule has 0 unspecified atom stereocenters. The van der Waals surface area contributed by atoms with Crippen LogP contribution in [0.15, 0.2) is 24.3 Å². The van der Waals surface area contributed by atoms with Crippen LogP contribution in [-0.4, -0.2) is 16.9 Å². The number of hydrogen-bond acceptors (Lipinski definition) is 1. The van der Waals surface area contributed by atoms with E-state index in [2.05, 4.69) is 48.7 Å². The van der Waals surface area contributed by atoms with Crippen LogP contribution in [0, 0.1) is 0 Å². The Bertz CT molecular complexity index is 351. The molecule has 0 radical (unpaired) electrons. The number of nitrogens with one attached hydrogen (secondary N) is 1. The molecule has 88 valence electrons. The summed E-state index contributed by atoms with van der Waals surface area (Å²) in [5.41, 5.74) is 2.12. The van der Waals surface area contributed by atoms with Crippen LogP contribution in [0.25, 0.3) is 0 Å². The van der Waals surface area contributed by atoms with Crippen molar-refractivity contribution < 1.29 is 4.79 Å². The summed E-state index contributed by atoms with van der Waals surface area (Å²) in [6.07, 6.45) is 0. The molecule has 0 aromatic heterocycles. The Balaban J connectivity index is 2.75. The van der Waals surface area contributed by atoms with Crippen LogP contribution in [-0.2, 0) is 5.41 Å². The van der Waals surface area contributed by atoms with Crippen molar-refractivity contribution in [3.05, 3.63) is 35.4 Å². The summed E-state index contributed by atoms with van der Waals surface area (Å²) >= 11 is 2.24. The van der Waals surface area contributed by atoms with E-state index in [1.54, 1.807) is 0 Å². The number of carbonyl (C=O) groups excluding carboxylic acids is 1. The van der Waals surface area contributed by atoms with Crippen molar-refractivity contribution in [2.75, 3.05) is 11.0 Å². The van der Waals surface area contributed by atoms with Gasteiger partial charge in [-0.25, -0.2) is 0 Å². The Kier molecular flexibility index (Phi) is 4.77. The van der Waals surface area contributed by atoms with Gasteiger partial charge in [0.05, 0.1) is 0 Å². The highest BCUT2D eigenvalue weighted by Gasteiger charge is 2.13. The normalized spacial score (nSPS) is 11.2. The van der Waals surface area contributed by atoms with Crippen molar-refractivity contribution in [2.45, 2.75) is 26.2 Å². The van der Waals surface area contributed by atoms with E-state index in [1.165, 1.54) is 5.56 Å². The first-order chi connectivity index (χ1) is 7.45. The van der Waals surface area contributed by atoms with E-state index in [0.29, 0.717) is 0 Å². The zero-order chi connectivity index (χ0) is 12.2. The first-order valence-electron chi connectivity index (χ1n) is 5.40. The largest absolute Gasteiger partial charge is 0.351 e. The molecule has 1 aromatic rings. The van der Waals surface area contributed by atoms with Gasteiger partial charge in [-0.05, 0) is 23.1 Å². The molecular weight excluding hydrogens is 313 g/mol. The Morgan fingerprint density at radius 3 is 2.25 bits per heavy atom. The Hall–Kier alpha value is -0.580. The standard InChI is InChI=1S/C13H18INO/c1-13(2,3)11-6-4-10(5-7-11)12(16)15-9-8-14/h4-7H,8-9H2,1-3H3,(H,15,16). The summed E-state index contributed by atoms with van der Waals surface area (Å²) in [4.78, 5) is 11.7. The molecule has 0 aliphatic carbocycles. The molecule has 0 bridgehead atoms. The molecule has 0 aliphatic heterocycles. The minimum Gasteiger partial charge on any atom is -0.351 e. The predicted octanol–water partition coefficient (Wildman–Crippen LogP) is 3.15. The summed E-state index contributed by atoms with van der Waals surface area (Å²) in [5.74, 6) is 0.0112. The van der Waals surface area contributed by atoms with Gasteiger partial charge in [-0.3, -0.25) is 4.79 Å². The van der Waals surface area contributed by atoms with Gasteiger partial charge < -0.3 is 5.32 Å². The second-order valence-electron chi connectivity index (χ2n) is 4.77. The molecule has 0 fully saturated rings. The summed E-state index contributed by atoms with van der Waals surface area (Å²) < 4.78 is 0.934. The third-order valence-corrected chi connectivity index (χ3v) is 2.93. The molecule has 0 heterocycles. The van der Waals surface area contributed by atoms with Crippen molar-refractivity contribution in [3.63, 3.8) is 0 Å². The fourth-order valence-corrected chi connectivity index (χ4v) is 1.65. The zero-order valence-electron chi connectivity index (χ0n) is 10.0. The van der Waals surface area contributed by atoms with Crippen LogP contribution in [0.3, 0.4) is 0 Å². The van der Waals surface area contributed by atoms with Crippen LogP contribution < -0.4 is 5.32 Å². The molecule has 0 spiro atoms. The van der Waals surface area contributed by atoms with Crippen LogP contribution >= 0.6 is 22.6 Å². The number of halogens is 1. The number of hydrogen-bond donors (Lipinski definition) is 1. The first-order valence-corrected chi connectivity index (χ1v) is 6.92. The number of alkyl halides is 1. The highest BCUT2D eigenvalue weighted by atomic mass is 127. The van der Waals surface area contributed by atoms with Gasteiger partial charge in [0.15, 0.2) is 0 Å². The minimum atomic E-state index is 0.0112. The van der Waals surface area contributed by atoms with Crippen molar-refractivity contribution >= 4 is 28.5 Å². The van der Waals surface area contributed by atoms with Crippen LogP contribution in [0.4, 0.5) is 0 Å².